The summed E-state index contributed by atoms with van der Waals surface area (Å²) < 4.78 is 0. The van der Waals surface area contributed by atoms with E-state index in [0.717, 1.165) is 39.2 Å². The molecule has 0 N–H and O–H groups in total. The Morgan fingerprint density at radius 1 is 0.230 bits per heavy atom. The van der Waals surface area contributed by atoms with Crippen molar-refractivity contribution in [1.29, 1.82) is 0 Å². The van der Waals surface area contributed by atoms with Crippen LogP contribution in [0.2, 0.25) is 0 Å². The molecule has 0 unspecified atom stereocenters. The van der Waals surface area contributed by atoms with Gasteiger partial charge in [0.15, 0.2) is 5.82 Å². The molecule has 0 bridgehead atoms. The van der Waals surface area contributed by atoms with Gasteiger partial charge >= 0.3 is 0 Å². The lowest BCUT2D eigenvalue weighted by Crippen LogP contribution is -2.25. The van der Waals surface area contributed by atoms with E-state index in [1.54, 1.807) is 0 Å². The molecule has 0 amide bonds. The molecule has 10 aromatic rings. The number of hydrogen-bond acceptors (Lipinski definition) is 2. The Labute approximate surface area is 356 Å². The first-order valence-electron chi connectivity index (χ1n) is 21.0. The topological polar surface area (TPSA) is 25.8 Å². The number of nitrogens with zero attached hydrogens (tertiary/aromatic N) is 2. The first-order valence-corrected chi connectivity index (χ1v) is 21.0. The predicted octanol–water partition coefficient (Wildman–Crippen LogP) is 14.8. The highest BCUT2D eigenvalue weighted by Crippen LogP contribution is 2.63. The van der Waals surface area contributed by atoms with Crippen molar-refractivity contribution in [2.24, 2.45) is 0 Å². The number of hydrogen-bond donors (Lipinski definition) is 0. The minimum Gasteiger partial charge on any atom is -0.228 e. The minimum atomic E-state index is -0.334. The van der Waals surface area contributed by atoms with Gasteiger partial charge in [0.1, 0.15) is 0 Å². The fourth-order valence-corrected chi connectivity index (χ4v) is 9.94. The smallest absolute Gasteiger partial charge is 0.160 e. The van der Waals surface area contributed by atoms with Gasteiger partial charge in [0.25, 0.3) is 0 Å². The molecule has 2 heteroatoms. The summed E-state index contributed by atoms with van der Waals surface area (Å²) in [5.74, 6) is 0.708. The SMILES string of the molecule is c1ccc(-c2cccc(-c3cc(-c4ccc(-c5cccc(-c6ccc7c(c6)-c6ccccc6C76c7ccccc7-c7ccccc76)c5)cc4)nc(-c4ccccc4)n3)c2)cc1. The van der Waals surface area contributed by atoms with E-state index < -0.39 is 0 Å². The maximum Gasteiger partial charge on any atom is 0.160 e. The third-order valence-corrected chi connectivity index (χ3v) is 12.7. The lowest BCUT2D eigenvalue weighted by Gasteiger charge is -2.30. The monoisotopic (exact) mass is 774 g/mol. The largest absolute Gasteiger partial charge is 0.228 e. The third-order valence-electron chi connectivity index (χ3n) is 12.7. The minimum absolute atomic E-state index is 0.334. The highest BCUT2D eigenvalue weighted by Gasteiger charge is 2.51. The molecule has 0 fully saturated rings. The van der Waals surface area contributed by atoms with Crippen molar-refractivity contribution >= 4 is 0 Å². The highest BCUT2D eigenvalue weighted by molar-refractivity contribution is 5.96. The predicted molar refractivity (Wildman–Crippen MR) is 251 cm³/mol. The van der Waals surface area contributed by atoms with Gasteiger partial charge in [0.2, 0.25) is 0 Å². The van der Waals surface area contributed by atoms with E-state index in [4.69, 9.17) is 9.97 Å². The van der Waals surface area contributed by atoms with Gasteiger partial charge < -0.3 is 0 Å². The van der Waals surface area contributed by atoms with Crippen LogP contribution in [0.25, 0.3) is 89.5 Å². The number of fused-ring (bicyclic) bond motifs is 10. The van der Waals surface area contributed by atoms with Gasteiger partial charge in [0.05, 0.1) is 16.8 Å². The number of aromatic nitrogens is 2. The molecule has 12 rings (SSSR count). The van der Waals surface area contributed by atoms with Gasteiger partial charge in [-0.2, -0.15) is 0 Å². The Kier molecular flexibility index (Phi) is 8.11. The first kappa shape index (κ1) is 35.0. The summed E-state index contributed by atoms with van der Waals surface area (Å²) in [6.07, 6.45) is 0. The molecule has 0 atom stereocenters. The van der Waals surface area contributed by atoms with E-state index in [0.29, 0.717) is 5.82 Å². The van der Waals surface area contributed by atoms with Gasteiger partial charge in [-0.1, -0.05) is 206 Å². The van der Waals surface area contributed by atoms with Crippen LogP contribution in [0.1, 0.15) is 22.3 Å². The zero-order valence-corrected chi connectivity index (χ0v) is 33.3. The van der Waals surface area contributed by atoms with Gasteiger partial charge in [-0.3, -0.25) is 0 Å². The summed E-state index contributed by atoms with van der Waals surface area (Å²) in [5.41, 5.74) is 22.3. The molecule has 2 aliphatic rings. The van der Waals surface area contributed by atoms with Crippen LogP contribution in [-0.4, -0.2) is 9.97 Å². The molecular formula is C59H38N2. The molecule has 2 nitrogen and oxygen atoms in total. The van der Waals surface area contributed by atoms with Crippen molar-refractivity contribution in [3.8, 4) is 89.5 Å². The molecule has 0 saturated heterocycles. The molecule has 9 aromatic carbocycles. The second kappa shape index (κ2) is 14.1. The van der Waals surface area contributed by atoms with E-state index in [2.05, 4.69) is 212 Å². The van der Waals surface area contributed by atoms with E-state index in [9.17, 15) is 0 Å². The van der Waals surface area contributed by atoms with Gasteiger partial charge in [-0.25, -0.2) is 9.97 Å². The molecule has 0 radical (unpaired) electrons. The Morgan fingerprint density at radius 2 is 0.607 bits per heavy atom. The van der Waals surface area contributed by atoms with Gasteiger partial charge in [-0.05, 0) is 102 Å². The molecular weight excluding hydrogens is 737 g/mol. The maximum absolute atomic E-state index is 5.12. The molecule has 284 valence electrons. The summed E-state index contributed by atoms with van der Waals surface area (Å²) >= 11 is 0. The van der Waals surface area contributed by atoms with Crippen LogP contribution in [0.4, 0.5) is 0 Å². The summed E-state index contributed by atoms with van der Waals surface area (Å²) in [5, 5.41) is 0. The Hall–Kier alpha value is -7.94. The van der Waals surface area contributed by atoms with E-state index in [-0.39, 0.29) is 5.41 Å². The zero-order chi connectivity index (χ0) is 40.3. The molecule has 2 aliphatic carbocycles. The van der Waals surface area contributed by atoms with Crippen molar-refractivity contribution in [2.45, 2.75) is 5.41 Å². The zero-order valence-electron chi connectivity index (χ0n) is 33.3. The molecule has 1 aromatic heterocycles. The summed E-state index contributed by atoms with van der Waals surface area (Å²) in [6.45, 7) is 0. The number of rotatable bonds is 6. The normalized spacial score (nSPS) is 12.7. The van der Waals surface area contributed by atoms with Crippen LogP contribution in [0.5, 0.6) is 0 Å². The molecule has 1 spiro atoms. The second-order valence-corrected chi connectivity index (χ2v) is 16.1. The first-order chi connectivity index (χ1) is 30.2. The van der Waals surface area contributed by atoms with Gasteiger partial charge in [-0.15, -0.1) is 0 Å². The Bertz CT molecular complexity index is 3250. The van der Waals surface area contributed by atoms with Crippen molar-refractivity contribution < 1.29 is 0 Å². The fourth-order valence-electron chi connectivity index (χ4n) is 9.94. The lowest BCUT2D eigenvalue weighted by atomic mass is 9.70. The van der Waals surface area contributed by atoms with E-state index >= 15 is 0 Å². The number of benzene rings is 9. The van der Waals surface area contributed by atoms with Crippen LogP contribution in [0, 0.1) is 0 Å². The molecule has 0 saturated carbocycles. The highest BCUT2D eigenvalue weighted by atomic mass is 14.9. The van der Waals surface area contributed by atoms with Crippen LogP contribution in [-0.2, 0) is 5.41 Å². The van der Waals surface area contributed by atoms with Crippen LogP contribution in [0.3, 0.4) is 0 Å². The van der Waals surface area contributed by atoms with Crippen LogP contribution >= 0.6 is 0 Å². The fraction of sp³-hybridized carbons (Fsp3) is 0.0169. The van der Waals surface area contributed by atoms with Crippen LogP contribution in [0.15, 0.2) is 231 Å². The Balaban J connectivity index is 0.905. The molecule has 0 aliphatic heterocycles. The van der Waals surface area contributed by atoms with Crippen LogP contribution < -0.4 is 0 Å². The van der Waals surface area contributed by atoms with Crippen molar-refractivity contribution in [3.63, 3.8) is 0 Å². The van der Waals surface area contributed by atoms with Crippen molar-refractivity contribution in [1.82, 2.24) is 9.97 Å². The van der Waals surface area contributed by atoms with Gasteiger partial charge in [0, 0.05) is 16.7 Å². The average molecular weight is 775 g/mol. The van der Waals surface area contributed by atoms with Crippen molar-refractivity contribution in [3.05, 3.63) is 253 Å². The molecule has 1 heterocycles. The van der Waals surface area contributed by atoms with Crippen molar-refractivity contribution in [2.75, 3.05) is 0 Å². The maximum atomic E-state index is 5.12. The second-order valence-electron chi connectivity index (χ2n) is 16.1. The summed E-state index contributed by atoms with van der Waals surface area (Å²) in [6, 6.07) is 83.3. The Morgan fingerprint density at radius 3 is 1.21 bits per heavy atom. The molecule has 61 heavy (non-hydrogen) atoms. The van der Waals surface area contributed by atoms with E-state index in [1.807, 2.05) is 18.2 Å². The quantitative estimate of drug-likeness (QED) is 0.168. The van der Waals surface area contributed by atoms with E-state index in [1.165, 1.54) is 66.8 Å². The lowest BCUT2D eigenvalue weighted by molar-refractivity contribution is 0.794. The standard InChI is InChI=1S/C59H38N2/c1-3-15-39(16-4-1)44-20-14-22-47(36-44)57-38-56(60-58(61-57)42-17-5-2-6-18-42)41-31-29-40(30-32-41)43-19-13-21-45(35-43)46-33-34-55-51(37-46)50-25-9-12-28-54(50)59(55)52-26-10-7-23-48(52)49-24-8-11-27-53(49)59/h1-38H. The average Bonchev–Trinajstić information content (AvgIpc) is 3.82. The third kappa shape index (κ3) is 5.64. The summed E-state index contributed by atoms with van der Waals surface area (Å²) in [7, 11) is 0. The summed E-state index contributed by atoms with van der Waals surface area (Å²) in [4.78, 5) is 10.2.